The van der Waals surface area contributed by atoms with Crippen molar-refractivity contribution < 1.29 is 4.68 Å². The van der Waals surface area contributed by atoms with Gasteiger partial charge in [0.1, 0.15) is 0 Å². The molecule has 1 aliphatic carbocycles. The van der Waals surface area contributed by atoms with Crippen LogP contribution >= 0.6 is 0 Å². The van der Waals surface area contributed by atoms with E-state index in [1.807, 2.05) is 0 Å². The highest BCUT2D eigenvalue weighted by atomic mass is 15.5. The van der Waals surface area contributed by atoms with Crippen LogP contribution in [-0.2, 0) is 5.41 Å². The van der Waals surface area contributed by atoms with Crippen LogP contribution in [0.3, 0.4) is 0 Å². The van der Waals surface area contributed by atoms with E-state index in [1.54, 1.807) is 5.56 Å². The zero-order chi connectivity index (χ0) is 15.8. The molecule has 22 heavy (non-hydrogen) atoms. The Morgan fingerprint density at radius 3 is 2.59 bits per heavy atom. The van der Waals surface area contributed by atoms with Gasteiger partial charge in [0.15, 0.2) is 5.71 Å². The molecule has 0 radical (unpaired) electrons. The van der Waals surface area contributed by atoms with Gasteiger partial charge in [-0.3, -0.25) is 0 Å². The predicted molar refractivity (Wildman–Crippen MR) is 92.7 cm³/mol. The van der Waals surface area contributed by atoms with Crippen molar-refractivity contribution in [2.45, 2.75) is 77.7 Å². The second-order valence-electron chi connectivity index (χ2n) is 8.66. The first-order chi connectivity index (χ1) is 10.3. The Hall–Kier alpha value is -1.31. The van der Waals surface area contributed by atoms with Crippen LogP contribution in [0, 0.1) is 12.3 Å². The second-order valence-corrected chi connectivity index (χ2v) is 8.66. The maximum atomic E-state index is 3.80. The monoisotopic (exact) mass is 297 g/mol. The van der Waals surface area contributed by atoms with Crippen molar-refractivity contribution >= 4 is 11.4 Å². The molecule has 118 valence electrons. The highest BCUT2D eigenvalue weighted by molar-refractivity contribution is 5.80. The molecule has 1 aromatic carbocycles. The van der Waals surface area contributed by atoms with E-state index in [0.29, 0.717) is 5.41 Å². The van der Waals surface area contributed by atoms with Crippen molar-refractivity contribution in [1.29, 1.82) is 0 Å². The Balaban J connectivity index is 2.06. The van der Waals surface area contributed by atoms with E-state index >= 15 is 0 Å². The zero-order valence-corrected chi connectivity index (χ0v) is 14.7. The standard InChI is InChI=1S/C20H29N2/c1-14-7-8-17-16(13-14)19(5)11-6-10-18(3,4)20(19)12-9-15(2)22(20)21-17/h7-8,13,21H,6,9-12H2,1-5H3/q+1/t19-,20-/m0/s1. The quantitative estimate of drug-likeness (QED) is 0.679. The number of hydrogen-bond donors (Lipinski definition) is 1. The molecule has 2 aliphatic heterocycles. The third kappa shape index (κ3) is 1.44. The average Bonchev–Trinajstić information content (AvgIpc) is 2.79. The summed E-state index contributed by atoms with van der Waals surface area (Å²) in [6.45, 7) is 12.1. The molecule has 0 saturated heterocycles. The first-order valence-electron chi connectivity index (χ1n) is 8.82. The molecule has 0 bridgehead atoms. The fourth-order valence-electron chi connectivity index (χ4n) is 6.00. The number of nitrogens with one attached hydrogen (secondary N) is 1. The predicted octanol–water partition coefficient (Wildman–Crippen LogP) is 4.81. The van der Waals surface area contributed by atoms with Crippen molar-refractivity contribution in [2.75, 3.05) is 5.43 Å². The lowest BCUT2D eigenvalue weighted by Gasteiger charge is -2.57. The molecular weight excluding hydrogens is 268 g/mol. The normalized spacial score (nSPS) is 35.5. The third-order valence-electron chi connectivity index (χ3n) is 7.12. The highest BCUT2D eigenvalue weighted by Gasteiger charge is 2.72. The van der Waals surface area contributed by atoms with E-state index in [4.69, 9.17) is 0 Å². The maximum absolute atomic E-state index is 3.80. The van der Waals surface area contributed by atoms with Crippen LogP contribution in [0.15, 0.2) is 18.2 Å². The summed E-state index contributed by atoms with van der Waals surface area (Å²) in [4.78, 5) is 0. The van der Waals surface area contributed by atoms with Gasteiger partial charge in [-0.25, -0.2) is 0 Å². The summed E-state index contributed by atoms with van der Waals surface area (Å²) in [6.07, 6.45) is 6.47. The molecule has 2 heterocycles. The van der Waals surface area contributed by atoms with Crippen LogP contribution in [-0.4, -0.2) is 15.9 Å². The van der Waals surface area contributed by atoms with Crippen LogP contribution in [0.25, 0.3) is 0 Å². The molecule has 1 spiro atoms. The average molecular weight is 297 g/mol. The van der Waals surface area contributed by atoms with Crippen molar-refractivity contribution in [2.24, 2.45) is 5.41 Å². The molecule has 1 aromatic rings. The minimum absolute atomic E-state index is 0.211. The SMILES string of the molecule is CC1=[N+]2Nc3ccc(C)cc3[C@]3(C)CCCC(C)(C)[C@]23CC1. The van der Waals surface area contributed by atoms with Gasteiger partial charge in [-0.1, -0.05) is 38.0 Å². The highest BCUT2D eigenvalue weighted by Crippen LogP contribution is 2.63. The molecule has 2 heteroatoms. The number of nitrogens with zero attached hydrogens (tertiary/aromatic N) is 1. The maximum Gasteiger partial charge on any atom is 0.205 e. The number of rotatable bonds is 0. The Kier molecular flexibility index (Phi) is 2.70. The lowest BCUT2D eigenvalue weighted by Crippen LogP contribution is -2.69. The van der Waals surface area contributed by atoms with Gasteiger partial charge in [0.25, 0.3) is 0 Å². The second kappa shape index (κ2) is 4.15. The molecule has 0 aromatic heterocycles. The summed E-state index contributed by atoms with van der Waals surface area (Å²) < 4.78 is 2.57. The van der Waals surface area contributed by atoms with Gasteiger partial charge in [0.05, 0.1) is 11.1 Å². The summed E-state index contributed by atoms with van der Waals surface area (Å²) >= 11 is 0. The Morgan fingerprint density at radius 2 is 1.82 bits per heavy atom. The molecule has 1 N–H and O–H groups in total. The molecule has 4 rings (SSSR count). The Bertz CT molecular complexity index is 685. The fourth-order valence-corrected chi connectivity index (χ4v) is 6.00. The van der Waals surface area contributed by atoms with Gasteiger partial charge in [-0.05, 0) is 38.3 Å². The van der Waals surface area contributed by atoms with Crippen molar-refractivity contribution in [3.8, 4) is 0 Å². The van der Waals surface area contributed by atoms with Gasteiger partial charge >= 0.3 is 0 Å². The van der Waals surface area contributed by atoms with E-state index in [9.17, 15) is 0 Å². The van der Waals surface area contributed by atoms with Crippen LogP contribution in [0.4, 0.5) is 5.69 Å². The van der Waals surface area contributed by atoms with Crippen LogP contribution in [0.1, 0.15) is 70.9 Å². The van der Waals surface area contributed by atoms with Crippen LogP contribution < -0.4 is 5.43 Å². The van der Waals surface area contributed by atoms with E-state index in [-0.39, 0.29) is 11.0 Å². The third-order valence-corrected chi connectivity index (χ3v) is 7.12. The number of hydrazine groups is 1. The van der Waals surface area contributed by atoms with Gasteiger partial charge in [0, 0.05) is 25.2 Å². The minimum atomic E-state index is 0.211. The zero-order valence-electron chi connectivity index (χ0n) is 14.7. The van der Waals surface area contributed by atoms with Gasteiger partial charge in [-0.2, -0.15) is 5.43 Å². The number of hydrogen-bond acceptors (Lipinski definition) is 1. The number of anilines is 1. The first-order valence-corrected chi connectivity index (χ1v) is 8.82. The van der Waals surface area contributed by atoms with Crippen LogP contribution in [0.2, 0.25) is 0 Å². The minimum Gasteiger partial charge on any atom is -0.165 e. The number of fused-ring (bicyclic) bond motifs is 2. The molecule has 1 saturated carbocycles. The number of aryl methyl sites for hydroxylation is 1. The summed E-state index contributed by atoms with van der Waals surface area (Å²) in [5.74, 6) is 0. The number of benzene rings is 1. The molecular formula is C20H29N2+. The van der Waals surface area contributed by atoms with Gasteiger partial charge < -0.3 is 0 Å². The summed E-state index contributed by atoms with van der Waals surface area (Å²) in [6, 6.07) is 6.96. The van der Waals surface area contributed by atoms with Crippen LogP contribution in [0.5, 0.6) is 0 Å². The molecule has 2 nitrogen and oxygen atoms in total. The van der Waals surface area contributed by atoms with Gasteiger partial charge in [-0.15, -0.1) is 4.68 Å². The van der Waals surface area contributed by atoms with Crippen molar-refractivity contribution in [1.82, 2.24) is 0 Å². The van der Waals surface area contributed by atoms with Gasteiger partial charge in [0.2, 0.25) is 5.54 Å². The molecule has 0 unspecified atom stereocenters. The van der Waals surface area contributed by atoms with E-state index in [2.05, 4.69) is 62.9 Å². The van der Waals surface area contributed by atoms with Crippen molar-refractivity contribution in [3.63, 3.8) is 0 Å². The number of hydrazone groups is 1. The topological polar surface area (TPSA) is 15.0 Å². The van der Waals surface area contributed by atoms with E-state index < -0.39 is 0 Å². The summed E-state index contributed by atoms with van der Waals surface area (Å²) in [5.41, 5.74) is 10.3. The Morgan fingerprint density at radius 1 is 1.05 bits per heavy atom. The van der Waals surface area contributed by atoms with E-state index in [0.717, 1.165) is 0 Å². The lowest BCUT2D eigenvalue weighted by atomic mass is 9.48. The molecule has 3 aliphatic rings. The van der Waals surface area contributed by atoms with Crippen molar-refractivity contribution in [3.05, 3.63) is 29.3 Å². The molecule has 0 amide bonds. The fraction of sp³-hybridized carbons (Fsp3) is 0.650. The Labute approximate surface area is 134 Å². The summed E-state index contributed by atoms with van der Waals surface area (Å²) in [7, 11) is 0. The first kappa shape index (κ1) is 14.3. The smallest absolute Gasteiger partial charge is 0.165 e. The summed E-state index contributed by atoms with van der Waals surface area (Å²) in [5, 5.41) is 0. The van der Waals surface area contributed by atoms with E-state index in [1.165, 1.54) is 49.1 Å². The largest absolute Gasteiger partial charge is 0.205 e. The molecule has 1 fully saturated rings. The lowest BCUT2D eigenvalue weighted by molar-refractivity contribution is -0.616. The molecule has 2 atom stereocenters.